The molecule has 0 aliphatic heterocycles. The summed E-state index contributed by atoms with van der Waals surface area (Å²) < 4.78 is 5.21. The molecule has 14 heavy (non-hydrogen) atoms. The number of esters is 1. The predicted molar refractivity (Wildman–Crippen MR) is 62.6 cm³/mol. The fourth-order valence-corrected chi connectivity index (χ4v) is 1.31. The highest BCUT2D eigenvalue weighted by atomic mass is 79.9. The standard InChI is InChI=1S/C11H19BrO2/c1-4-6-7-10(8-12)11(13)14-9(3)5-2/h7,9H,4-6,8H2,1-3H3. The first-order chi connectivity index (χ1) is 6.65. The van der Waals surface area contributed by atoms with Crippen LogP contribution in [0.15, 0.2) is 11.6 Å². The van der Waals surface area contributed by atoms with Gasteiger partial charge in [-0.3, -0.25) is 0 Å². The second-order valence-electron chi connectivity index (χ2n) is 3.28. The fourth-order valence-electron chi connectivity index (χ4n) is 0.853. The van der Waals surface area contributed by atoms with Crippen molar-refractivity contribution in [3.8, 4) is 0 Å². The zero-order chi connectivity index (χ0) is 11.0. The Morgan fingerprint density at radius 1 is 1.50 bits per heavy atom. The summed E-state index contributed by atoms with van der Waals surface area (Å²) >= 11 is 3.29. The highest BCUT2D eigenvalue weighted by Crippen LogP contribution is 2.08. The first-order valence-electron chi connectivity index (χ1n) is 5.11. The van der Waals surface area contributed by atoms with Gasteiger partial charge in [-0.15, -0.1) is 0 Å². The van der Waals surface area contributed by atoms with Crippen molar-refractivity contribution in [3.63, 3.8) is 0 Å². The van der Waals surface area contributed by atoms with Crippen molar-refractivity contribution in [2.24, 2.45) is 0 Å². The second-order valence-corrected chi connectivity index (χ2v) is 3.84. The molecule has 0 aromatic rings. The number of hydrogen-bond acceptors (Lipinski definition) is 2. The second kappa shape index (κ2) is 8.04. The van der Waals surface area contributed by atoms with Gasteiger partial charge < -0.3 is 4.74 Å². The Bertz CT molecular complexity index is 199. The van der Waals surface area contributed by atoms with Gasteiger partial charge in [0.2, 0.25) is 0 Å². The van der Waals surface area contributed by atoms with Crippen LogP contribution >= 0.6 is 15.9 Å². The molecule has 0 spiro atoms. The summed E-state index contributed by atoms with van der Waals surface area (Å²) in [6, 6.07) is 0. The van der Waals surface area contributed by atoms with Gasteiger partial charge in [-0.05, 0) is 19.8 Å². The number of carbonyl (C=O) groups is 1. The van der Waals surface area contributed by atoms with E-state index in [1.165, 1.54) is 0 Å². The van der Waals surface area contributed by atoms with Gasteiger partial charge in [-0.2, -0.15) is 0 Å². The number of carbonyl (C=O) groups excluding carboxylic acids is 1. The van der Waals surface area contributed by atoms with Gasteiger partial charge in [0.05, 0.1) is 6.10 Å². The molecule has 0 aliphatic rings. The minimum atomic E-state index is -0.190. The Morgan fingerprint density at radius 3 is 2.57 bits per heavy atom. The Morgan fingerprint density at radius 2 is 2.14 bits per heavy atom. The Hall–Kier alpha value is -0.310. The highest BCUT2D eigenvalue weighted by Gasteiger charge is 2.11. The van der Waals surface area contributed by atoms with Crippen molar-refractivity contribution >= 4 is 21.9 Å². The zero-order valence-electron chi connectivity index (χ0n) is 9.18. The van der Waals surface area contributed by atoms with Crippen LogP contribution in [0.4, 0.5) is 0 Å². The van der Waals surface area contributed by atoms with E-state index in [0.717, 1.165) is 24.8 Å². The van der Waals surface area contributed by atoms with E-state index >= 15 is 0 Å². The summed E-state index contributed by atoms with van der Waals surface area (Å²) in [5.74, 6) is -0.190. The summed E-state index contributed by atoms with van der Waals surface area (Å²) in [5, 5.41) is 0.572. The largest absolute Gasteiger partial charge is 0.459 e. The smallest absolute Gasteiger partial charge is 0.334 e. The van der Waals surface area contributed by atoms with E-state index in [4.69, 9.17) is 4.74 Å². The molecule has 0 fully saturated rings. The van der Waals surface area contributed by atoms with Crippen molar-refractivity contribution in [1.82, 2.24) is 0 Å². The van der Waals surface area contributed by atoms with E-state index in [9.17, 15) is 4.79 Å². The molecule has 1 atom stereocenters. The monoisotopic (exact) mass is 262 g/mol. The molecule has 1 unspecified atom stereocenters. The van der Waals surface area contributed by atoms with E-state index in [1.54, 1.807) is 0 Å². The molecule has 82 valence electrons. The average molecular weight is 263 g/mol. The molecule has 0 heterocycles. The van der Waals surface area contributed by atoms with Gasteiger partial charge >= 0.3 is 5.97 Å². The third-order valence-electron chi connectivity index (χ3n) is 1.97. The van der Waals surface area contributed by atoms with Crippen LogP contribution in [-0.2, 0) is 9.53 Å². The lowest BCUT2D eigenvalue weighted by Crippen LogP contribution is -2.16. The van der Waals surface area contributed by atoms with Gasteiger partial charge in [0, 0.05) is 10.9 Å². The number of halogens is 1. The number of unbranched alkanes of at least 4 members (excludes halogenated alkanes) is 1. The molecule has 0 radical (unpaired) electrons. The van der Waals surface area contributed by atoms with Crippen LogP contribution in [0, 0.1) is 0 Å². The lowest BCUT2D eigenvalue weighted by Gasteiger charge is -2.11. The molecule has 2 nitrogen and oxygen atoms in total. The number of ether oxygens (including phenoxy) is 1. The predicted octanol–water partition coefficient (Wildman–Crippen LogP) is 3.45. The summed E-state index contributed by atoms with van der Waals surface area (Å²) in [6.07, 6.45) is 4.78. The molecule has 0 amide bonds. The Balaban J connectivity index is 4.17. The van der Waals surface area contributed by atoms with Gasteiger partial charge in [0.25, 0.3) is 0 Å². The van der Waals surface area contributed by atoms with Crippen molar-refractivity contribution in [2.45, 2.75) is 46.1 Å². The van der Waals surface area contributed by atoms with E-state index in [2.05, 4.69) is 22.9 Å². The third-order valence-corrected chi connectivity index (χ3v) is 2.57. The summed E-state index contributed by atoms with van der Waals surface area (Å²) in [7, 11) is 0. The SMILES string of the molecule is CCCC=C(CBr)C(=O)OC(C)CC. The summed E-state index contributed by atoms with van der Waals surface area (Å²) in [5.41, 5.74) is 0.729. The number of allylic oxidation sites excluding steroid dienone is 1. The molecule has 0 aliphatic carbocycles. The zero-order valence-corrected chi connectivity index (χ0v) is 10.8. The van der Waals surface area contributed by atoms with Crippen LogP contribution in [0.3, 0.4) is 0 Å². The van der Waals surface area contributed by atoms with E-state index < -0.39 is 0 Å². The van der Waals surface area contributed by atoms with Crippen LogP contribution in [0.5, 0.6) is 0 Å². The minimum absolute atomic E-state index is 0.00609. The molecule has 0 bridgehead atoms. The average Bonchev–Trinajstić information content (AvgIpc) is 2.18. The molecule has 0 aromatic carbocycles. The molecule has 0 rings (SSSR count). The molecular formula is C11H19BrO2. The van der Waals surface area contributed by atoms with Crippen molar-refractivity contribution < 1.29 is 9.53 Å². The maximum Gasteiger partial charge on any atom is 0.334 e. The maximum atomic E-state index is 11.5. The first kappa shape index (κ1) is 13.7. The maximum absolute atomic E-state index is 11.5. The molecule has 0 saturated heterocycles. The van der Waals surface area contributed by atoms with Crippen LogP contribution in [-0.4, -0.2) is 17.4 Å². The molecule has 0 aromatic heterocycles. The highest BCUT2D eigenvalue weighted by molar-refractivity contribution is 9.09. The number of hydrogen-bond donors (Lipinski definition) is 0. The topological polar surface area (TPSA) is 26.3 Å². The summed E-state index contributed by atoms with van der Waals surface area (Å²) in [6.45, 7) is 5.99. The summed E-state index contributed by atoms with van der Waals surface area (Å²) in [4.78, 5) is 11.5. The number of alkyl halides is 1. The normalized spacial score (nSPS) is 13.9. The van der Waals surface area contributed by atoms with Crippen molar-refractivity contribution in [2.75, 3.05) is 5.33 Å². The van der Waals surface area contributed by atoms with Crippen molar-refractivity contribution in [1.29, 1.82) is 0 Å². The minimum Gasteiger partial charge on any atom is -0.459 e. The third kappa shape index (κ3) is 5.43. The van der Waals surface area contributed by atoms with Gasteiger partial charge in [-0.25, -0.2) is 4.79 Å². The molecule has 3 heteroatoms. The van der Waals surface area contributed by atoms with E-state index in [0.29, 0.717) is 5.33 Å². The van der Waals surface area contributed by atoms with Gasteiger partial charge in [-0.1, -0.05) is 42.3 Å². The Kier molecular flexibility index (Phi) is 7.86. The molecular weight excluding hydrogens is 244 g/mol. The van der Waals surface area contributed by atoms with Gasteiger partial charge in [0.15, 0.2) is 0 Å². The van der Waals surface area contributed by atoms with Crippen LogP contribution in [0.2, 0.25) is 0 Å². The fraction of sp³-hybridized carbons (Fsp3) is 0.727. The van der Waals surface area contributed by atoms with Crippen LogP contribution in [0.25, 0.3) is 0 Å². The van der Waals surface area contributed by atoms with Crippen LogP contribution < -0.4 is 0 Å². The van der Waals surface area contributed by atoms with Crippen molar-refractivity contribution in [3.05, 3.63) is 11.6 Å². The first-order valence-corrected chi connectivity index (χ1v) is 6.23. The lowest BCUT2D eigenvalue weighted by molar-refractivity contribution is -0.143. The number of rotatable bonds is 6. The molecule has 0 N–H and O–H groups in total. The van der Waals surface area contributed by atoms with E-state index in [1.807, 2.05) is 19.9 Å². The lowest BCUT2D eigenvalue weighted by atomic mass is 10.2. The Labute approximate surface area is 94.8 Å². The molecule has 0 saturated carbocycles. The van der Waals surface area contributed by atoms with Gasteiger partial charge in [0.1, 0.15) is 0 Å². The van der Waals surface area contributed by atoms with Crippen LogP contribution in [0.1, 0.15) is 40.0 Å². The quantitative estimate of drug-likeness (QED) is 0.417. The van der Waals surface area contributed by atoms with E-state index in [-0.39, 0.29) is 12.1 Å².